The van der Waals surface area contributed by atoms with Gasteiger partial charge in [-0.3, -0.25) is 4.98 Å². The van der Waals surface area contributed by atoms with E-state index in [2.05, 4.69) is 26.3 Å². The van der Waals surface area contributed by atoms with Crippen molar-refractivity contribution in [1.82, 2.24) is 15.0 Å². The second-order valence-corrected chi connectivity index (χ2v) is 7.55. The molecule has 26 heavy (non-hydrogen) atoms. The molecule has 1 aliphatic rings. The summed E-state index contributed by atoms with van der Waals surface area (Å²) in [6.07, 6.45) is 4.42. The Labute approximate surface area is 154 Å². The Morgan fingerprint density at radius 2 is 2.12 bits per heavy atom. The van der Waals surface area contributed by atoms with Crippen molar-refractivity contribution in [3.05, 3.63) is 47.2 Å². The molecule has 0 radical (unpaired) electrons. The molecule has 136 valence electrons. The first-order chi connectivity index (χ1) is 12.4. The Morgan fingerprint density at radius 1 is 1.31 bits per heavy atom. The molecule has 3 rings (SSSR count). The molecule has 0 aliphatic heterocycles. The van der Waals surface area contributed by atoms with Crippen LogP contribution in [0.25, 0.3) is 0 Å². The van der Waals surface area contributed by atoms with Crippen LogP contribution in [-0.4, -0.2) is 32.2 Å². The van der Waals surface area contributed by atoms with E-state index >= 15 is 0 Å². The normalized spacial score (nSPS) is 20.9. The molecule has 0 saturated heterocycles. The summed E-state index contributed by atoms with van der Waals surface area (Å²) in [5.74, 6) is 1.29. The van der Waals surface area contributed by atoms with Crippen molar-refractivity contribution >= 4 is 5.82 Å². The monoisotopic (exact) mass is 351 g/mol. The van der Waals surface area contributed by atoms with E-state index in [1.165, 1.54) is 0 Å². The fraction of sp³-hybridized carbons (Fsp3) is 0.500. The smallest absolute Gasteiger partial charge is 0.147 e. The molecule has 0 unspecified atom stereocenters. The van der Waals surface area contributed by atoms with Gasteiger partial charge in [0.05, 0.1) is 12.3 Å². The van der Waals surface area contributed by atoms with Crippen LogP contribution in [0.5, 0.6) is 0 Å². The lowest BCUT2D eigenvalue weighted by atomic mass is 9.64. The van der Waals surface area contributed by atoms with E-state index in [0.717, 1.165) is 36.5 Å². The van der Waals surface area contributed by atoms with E-state index in [1.54, 1.807) is 6.20 Å². The Kier molecular flexibility index (Phi) is 5.19. The summed E-state index contributed by atoms with van der Waals surface area (Å²) >= 11 is 0. The fourth-order valence-corrected chi connectivity index (χ4v) is 3.21. The Balaban J connectivity index is 1.65. The van der Waals surface area contributed by atoms with Crippen LogP contribution in [0.4, 0.5) is 5.82 Å². The third kappa shape index (κ3) is 3.83. The molecular formula is C20H25N5O. The average molecular weight is 351 g/mol. The lowest BCUT2D eigenvalue weighted by Crippen LogP contribution is -2.57. The highest BCUT2D eigenvalue weighted by Gasteiger charge is 2.47. The lowest BCUT2D eigenvalue weighted by molar-refractivity contribution is -0.0511. The quantitative estimate of drug-likeness (QED) is 0.831. The molecule has 2 aromatic rings. The first-order valence-electron chi connectivity index (χ1n) is 9.03. The molecule has 0 amide bonds. The Morgan fingerprint density at radius 3 is 2.77 bits per heavy atom. The standard InChI is InChI=1S/C20H25N5O/c1-13-6-4-7-15(23-13)8-5-9-18-22-12-14(11-21)19(25-18)24-16-10-17(26)20(16,2)3/h4,6-7,12,16-17,26H,5,8-10H2,1-3H3,(H,22,24,25)/t16-,17+/m1/s1. The van der Waals surface area contributed by atoms with Crippen LogP contribution in [0.1, 0.15) is 49.5 Å². The summed E-state index contributed by atoms with van der Waals surface area (Å²) in [7, 11) is 0. The minimum atomic E-state index is -0.325. The third-order valence-corrected chi connectivity index (χ3v) is 5.27. The predicted octanol–water partition coefficient (Wildman–Crippen LogP) is 2.80. The minimum absolute atomic E-state index is 0.101. The zero-order valence-corrected chi connectivity index (χ0v) is 15.5. The average Bonchev–Trinajstić information content (AvgIpc) is 2.62. The maximum Gasteiger partial charge on any atom is 0.147 e. The number of hydrogen-bond donors (Lipinski definition) is 2. The Hall–Kier alpha value is -2.52. The van der Waals surface area contributed by atoms with Crippen LogP contribution in [0, 0.1) is 23.7 Å². The van der Waals surface area contributed by atoms with Crippen molar-refractivity contribution in [3.8, 4) is 6.07 Å². The Bertz CT molecular complexity index is 827. The molecule has 1 fully saturated rings. The van der Waals surface area contributed by atoms with Crippen molar-refractivity contribution in [2.24, 2.45) is 5.41 Å². The van der Waals surface area contributed by atoms with Gasteiger partial charge in [-0.2, -0.15) is 5.26 Å². The zero-order chi connectivity index (χ0) is 18.7. The largest absolute Gasteiger partial charge is 0.392 e. The maximum absolute atomic E-state index is 9.91. The summed E-state index contributed by atoms with van der Waals surface area (Å²) < 4.78 is 0. The van der Waals surface area contributed by atoms with E-state index < -0.39 is 0 Å². The van der Waals surface area contributed by atoms with Crippen molar-refractivity contribution in [2.45, 2.75) is 58.6 Å². The van der Waals surface area contributed by atoms with Gasteiger partial charge in [-0.15, -0.1) is 0 Å². The molecule has 6 heteroatoms. The van der Waals surface area contributed by atoms with Gasteiger partial charge in [0, 0.05) is 29.3 Å². The van der Waals surface area contributed by atoms with Crippen LogP contribution in [0.2, 0.25) is 0 Å². The SMILES string of the molecule is Cc1cccc(CCCc2ncc(C#N)c(N[C@@H]3C[C@H](O)C3(C)C)n2)n1. The van der Waals surface area contributed by atoms with Crippen molar-refractivity contribution in [3.63, 3.8) is 0 Å². The second kappa shape index (κ2) is 7.38. The summed E-state index contributed by atoms with van der Waals surface area (Å²) in [5, 5.41) is 22.6. The van der Waals surface area contributed by atoms with Gasteiger partial charge in [-0.1, -0.05) is 19.9 Å². The summed E-state index contributed by atoms with van der Waals surface area (Å²) in [6.45, 7) is 6.02. The number of aryl methyl sites for hydroxylation is 3. The molecule has 2 N–H and O–H groups in total. The number of nitriles is 1. The van der Waals surface area contributed by atoms with Gasteiger partial charge in [0.25, 0.3) is 0 Å². The molecule has 1 saturated carbocycles. The van der Waals surface area contributed by atoms with E-state index in [-0.39, 0.29) is 17.6 Å². The van der Waals surface area contributed by atoms with Gasteiger partial charge in [0.15, 0.2) is 0 Å². The molecule has 2 heterocycles. The van der Waals surface area contributed by atoms with Crippen LogP contribution >= 0.6 is 0 Å². The first kappa shape index (κ1) is 18.3. The van der Waals surface area contributed by atoms with Crippen LogP contribution in [-0.2, 0) is 12.8 Å². The van der Waals surface area contributed by atoms with E-state index in [9.17, 15) is 10.4 Å². The number of aromatic nitrogens is 3. The lowest BCUT2D eigenvalue weighted by Gasteiger charge is -2.49. The number of pyridine rings is 1. The van der Waals surface area contributed by atoms with Gasteiger partial charge >= 0.3 is 0 Å². The number of aliphatic hydroxyl groups excluding tert-OH is 1. The highest BCUT2D eigenvalue weighted by Crippen LogP contribution is 2.42. The van der Waals surface area contributed by atoms with Crippen LogP contribution in [0.3, 0.4) is 0 Å². The summed E-state index contributed by atoms with van der Waals surface area (Å²) in [5.41, 5.74) is 2.30. The van der Waals surface area contributed by atoms with Crippen LogP contribution in [0.15, 0.2) is 24.4 Å². The van der Waals surface area contributed by atoms with Crippen molar-refractivity contribution in [2.75, 3.05) is 5.32 Å². The fourth-order valence-electron chi connectivity index (χ4n) is 3.21. The van der Waals surface area contributed by atoms with Gasteiger partial charge in [0.2, 0.25) is 0 Å². The third-order valence-electron chi connectivity index (χ3n) is 5.27. The van der Waals surface area contributed by atoms with Gasteiger partial charge in [0.1, 0.15) is 23.3 Å². The molecule has 0 aromatic carbocycles. The zero-order valence-electron chi connectivity index (χ0n) is 15.5. The van der Waals surface area contributed by atoms with Gasteiger partial charge < -0.3 is 10.4 Å². The summed E-state index contributed by atoms with van der Waals surface area (Å²) in [6, 6.07) is 8.29. The molecule has 6 nitrogen and oxygen atoms in total. The number of rotatable bonds is 6. The van der Waals surface area contributed by atoms with Gasteiger partial charge in [-0.05, 0) is 38.3 Å². The number of aliphatic hydroxyl groups is 1. The van der Waals surface area contributed by atoms with Crippen molar-refractivity contribution in [1.29, 1.82) is 5.26 Å². The van der Waals surface area contributed by atoms with E-state index in [4.69, 9.17) is 0 Å². The maximum atomic E-state index is 9.91. The summed E-state index contributed by atoms with van der Waals surface area (Å²) in [4.78, 5) is 13.4. The molecule has 0 spiro atoms. The van der Waals surface area contributed by atoms with Gasteiger partial charge in [-0.25, -0.2) is 9.97 Å². The van der Waals surface area contributed by atoms with E-state index in [0.29, 0.717) is 17.8 Å². The molecule has 2 atom stereocenters. The molecule has 1 aliphatic carbocycles. The molecule has 2 aromatic heterocycles. The first-order valence-corrected chi connectivity index (χ1v) is 9.03. The highest BCUT2D eigenvalue weighted by molar-refractivity contribution is 5.52. The molecule has 0 bridgehead atoms. The number of hydrogen-bond acceptors (Lipinski definition) is 6. The minimum Gasteiger partial charge on any atom is -0.392 e. The highest BCUT2D eigenvalue weighted by atomic mass is 16.3. The number of nitrogens with zero attached hydrogens (tertiary/aromatic N) is 4. The topological polar surface area (TPSA) is 94.7 Å². The van der Waals surface area contributed by atoms with Crippen LogP contribution < -0.4 is 5.32 Å². The number of anilines is 1. The van der Waals surface area contributed by atoms with Crippen molar-refractivity contribution < 1.29 is 5.11 Å². The number of nitrogens with one attached hydrogen (secondary N) is 1. The van der Waals surface area contributed by atoms with E-state index in [1.807, 2.05) is 39.0 Å². The second-order valence-electron chi connectivity index (χ2n) is 7.55. The predicted molar refractivity (Wildman–Crippen MR) is 99.6 cm³/mol. The molecular weight excluding hydrogens is 326 g/mol.